The first kappa shape index (κ1) is 10.1. The van der Waals surface area contributed by atoms with E-state index in [9.17, 15) is 0 Å². The molecule has 0 spiro atoms. The minimum atomic E-state index is 0.0649. The third-order valence-electron chi connectivity index (χ3n) is 2.17. The Balaban J connectivity index is 2.81. The van der Waals surface area contributed by atoms with Crippen LogP contribution in [0.4, 0.5) is 0 Å². The molecule has 2 N–H and O–H groups in total. The number of hydrogen-bond acceptors (Lipinski definition) is 3. The molecule has 3 nitrogen and oxygen atoms in total. The molecule has 1 rings (SSSR count). The van der Waals surface area contributed by atoms with Gasteiger partial charge in [0.25, 0.3) is 0 Å². The number of nitrogens with zero attached hydrogens (tertiary/aromatic N) is 2. The smallest absolute Gasteiger partial charge is 0.115 e. The first-order valence-electron chi connectivity index (χ1n) is 4.53. The molecule has 1 unspecified atom stereocenters. The Morgan fingerprint density at radius 3 is 2.38 bits per heavy atom. The van der Waals surface area contributed by atoms with E-state index in [2.05, 4.69) is 23.8 Å². The van der Waals surface area contributed by atoms with Crippen molar-refractivity contribution < 1.29 is 0 Å². The average molecular weight is 179 g/mol. The Morgan fingerprint density at radius 1 is 1.38 bits per heavy atom. The highest BCUT2D eigenvalue weighted by Gasteiger charge is 2.22. The van der Waals surface area contributed by atoms with Crippen LogP contribution in [0.2, 0.25) is 0 Å². The van der Waals surface area contributed by atoms with Gasteiger partial charge in [0.05, 0.1) is 0 Å². The molecule has 0 aromatic carbocycles. The van der Waals surface area contributed by atoms with E-state index in [0.717, 1.165) is 12.0 Å². The number of hydrogen-bond donors (Lipinski definition) is 1. The number of rotatable bonds is 3. The lowest BCUT2D eigenvalue weighted by Crippen LogP contribution is -2.28. The molecular formula is C10H17N3. The molecule has 0 aliphatic heterocycles. The standard InChI is InChI=1S/C10H17N3/c1-8(11)4-10(2,3)9-5-12-7-13-6-9/h5-8H,4,11H2,1-3H3. The van der Waals surface area contributed by atoms with Gasteiger partial charge in [0.15, 0.2) is 0 Å². The Labute approximate surface area is 79.4 Å². The lowest BCUT2D eigenvalue weighted by atomic mass is 9.81. The molecule has 1 aromatic rings. The van der Waals surface area contributed by atoms with Crippen LogP contribution in [0.1, 0.15) is 32.8 Å². The van der Waals surface area contributed by atoms with Gasteiger partial charge in [-0.25, -0.2) is 9.97 Å². The highest BCUT2D eigenvalue weighted by Crippen LogP contribution is 2.26. The Kier molecular flexibility index (Phi) is 2.98. The quantitative estimate of drug-likeness (QED) is 0.764. The summed E-state index contributed by atoms with van der Waals surface area (Å²) in [5.41, 5.74) is 6.99. The summed E-state index contributed by atoms with van der Waals surface area (Å²) in [6.07, 6.45) is 6.20. The van der Waals surface area contributed by atoms with E-state index < -0.39 is 0 Å². The van der Waals surface area contributed by atoms with Crippen LogP contribution in [0.25, 0.3) is 0 Å². The van der Waals surface area contributed by atoms with E-state index in [0.29, 0.717) is 0 Å². The van der Waals surface area contributed by atoms with Crippen molar-refractivity contribution in [3.8, 4) is 0 Å². The topological polar surface area (TPSA) is 51.8 Å². The fourth-order valence-electron chi connectivity index (χ4n) is 1.57. The summed E-state index contributed by atoms with van der Waals surface area (Å²) < 4.78 is 0. The lowest BCUT2D eigenvalue weighted by Gasteiger charge is -2.26. The van der Waals surface area contributed by atoms with E-state index in [1.54, 1.807) is 6.33 Å². The zero-order valence-corrected chi connectivity index (χ0v) is 8.49. The molecule has 1 heterocycles. The maximum absolute atomic E-state index is 5.78. The van der Waals surface area contributed by atoms with Crippen LogP contribution in [0.3, 0.4) is 0 Å². The number of aromatic nitrogens is 2. The summed E-state index contributed by atoms with van der Waals surface area (Å²) in [5, 5.41) is 0. The summed E-state index contributed by atoms with van der Waals surface area (Å²) in [6, 6.07) is 0.204. The van der Waals surface area contributed by atoms with Gasteiger partial charge in [0, 0.05) is 18.4 Å². The van der Waals surface area contributed by atoms with Crippen LogP contribution < -0.4 is 5.73 Å². The van der Waals surface area contributed by atoms with Crippen LogP contribution in [-0.2, 0) is 5.41 Å². The van der Waals surface area contributed by atoms with E-state index in [1.165, 1.54) is 0 Å². The molecule has 13 heavy (non-hydrogen) atoms. The largest absolute Gasteiger partial charge is 0.328 e. The highest BCUT2D eigenvalue weighted by molar-refractivity contribution is 5.16. The monoisotopic (exact) mass is 179 g/mol. The van der Waals surface area contributed by atoms with Gasteiger partial charge in [-0.1, -0.05) is 13.8 Å². The molecule has 72 valence electrons. The lowest BCUT2D eigenvalue weighted by molar-refractivity contribution is 0.435. The molecular weight excluding hydrogens is 162 g/mol. The van der Waals surface area contributed by atoms with Gasteiger partial charge in [-0.3, -0.25) is 0 Å². The fourth-order valence-corrected chi connectivity index (χ4v) is 1.57. The summed E-state index contributed by atoms with van der Waals surface area (Å²) in [5.74, 6) is 0. The zero-order chi connectivity index (χ0) is 9.90. The van der Waals surface area contributed by atoms with Crippen molar-refractivity contribution in [3.05, 3.63) is 24.3 Å². The van der Waals surface area contributed by atoms with Crippen molar-refractivity contribution in [1.82, 2.24) is 9.97 Å². The van der Waals surface area contributed by atoms with Gasteiger partial charge >= 0.3 is 0 Å². The Bertz CT molecular complexity index is 254. The summed E-state index contributed by atoms with van der Waals surface area (Å²) in [4.78, 5) is 8.01. The van der Waals surface area contributed by atoms with Crippen molar-refractivity contribution >= 4 is 0 Å². The van der Waals surface area contributed by atoms with E-state index in [4.69, 9.17) is 5.73 Å². The fraction of sp³-hybridized carbons (Fsp3) is 0.600. The maximum Gasteiger partial charge on any atom is 0.115 e. The van der Waals surface area contributed by atoms with Crippen molar-refractivity contribution in [2.45, 2.75) is 38.6 Å². The molecule has 3 heteroatoms. The molecule has 1 aromatic heterocycles. The van der Waals surface area contributed by atoms with Crippen LogP contribution in [0.15, 0.2) is 18.7 Å². The minimum Gasteiger partial charge on any atom is -0.328 e. The molecule has 0 aliphatic carbocycles. The predicted octanol–water partition coefficient (Wildman–Crippen LogP) is 1.49. The van der Waals surface area contributed by atoms with Crippen molar-refractivity contribution in [3.63, 3.8) is 0 Å². The van der Waals surface area contributed by atoms with E-state index in [1.807, 2.05) is 19.3 Å². The molecule has 0 saturated carbocycles. The maximum atomic E-state index is 5.78. The van der Waals surface area contributed by atoms with Crippen molar-refractivity contribution in [2.75, 3.05) is 0 Å². The second-order valence-electron chi connectivity index (χ2n) is 4.19. The minimum absolute atomic E-state index is 0.0649. The number of nitrogens with two attached hydrogens (primary N) is 1. The zero-order valence-electron chi connectivity index (χ0n) is 8.49. The van der Waals surface area contributed by atoms with Gasteiger partial charge < -0.3 is 5.73 Å². The van der Waals surface area contributed by atoms with Gasteiger partial charge in [-0.05, 0) is 24.3 Å². The third-order valence-corrected chi connectivity index (χ3v) is 2.17. The van der Waals surface area contributed by atoms with Gasteiger partial charge in [-0.15, -0.1) is 0 Å². The molecule has 0 saturated heterocycles. The summed E-state index contributed by atoms with van der Waals surface area (Å²) in [6.45, 7) is 6.34. The van der Waals surface area contributed by atoms with Gasteiger partial charge in [0.1, 0.15) is 6.33 Å². The molecule has 0 amide bonds. The average Bonchev–Trinajstić information content (AvgIpc) is 2.04. The Hall–Kier alpha value is -0.960. The second kappa shape index (κ2) is 3.83. The van der Waals surface area contributed by atoms with Crippen molar-refractivity contribution in [2.24, 2.45) is 5.73 Å². The van der Waals surface area contributed by atoms with E-state index >= 15 is 0 Å². The van der Waals surface area contributed by atoms with Crippen LogP contribution >= 0.6 is 0 Å². The van der Waals surface area contributed by atoms with Crippen LogP contribution in [-0.4, -0.2) is 16.0 Å². The van der Waals surface area contributed by atoms with Gasteiger partial charge in [0.2, 0.25) is 0 Å². The van der Waals surface area contributed by atoms with Gasteiger partial charge in [-0.2, -0.15) is 0 Å². The highest BCUT2D eigenvalue weighted by atomic mass is 14.8. The molecule has 1 atom stereocenters. The third kappa shape index (κ3) is 2.77. The normalized spacial score (nSPS) is 14.2. The molecule has 0 bridgehead atoms. The molecule has 0 fully saturated rings. The van der Waals surface area contributed by atoms with Crippen molar-refractivity contribution in [1.29, 1.82) is 0 Å². The molecule has 0 aliphatic rings. The summed E-state index contributed by atoms with van der Waals surface area (Å²) in [7, 11) is 0. The second-order valence-corrected chi connectivity index (χ2v) is 4.19. The van der Waals surface area contributed by atoms with E-state index in [-0.39, 0.29) is 11.5 Å². The predicted molar refractivity (Wildman–Crippen MR) is 53.3 cm³/mol. The SMILES string of the molecule is CC(N)CC(C)(C)c1cncnc1. The first-order chi connectivity index (χ1) is 6.02. The molecule has 0 radical (unpaired) electrons. The summed E-state index contributed by atoms with van der Waals surface area (Å²) >= 11 is 0. The first-order valence-corrected chi connectivity index (χ1v) is 4.53. The van der Waals surface area contributed by atoms with Crippen LogP contribution in [0, 0.1) is 0 Å². The van der Waals surface area contributed by atoms with Crippen LogP contribution in [0.5, 0.6) is 0 Å². The Morgan fingerprint density at radius 2 is 1.92 bits per heavy atom.